The second-order valence-corrected chi connectivity index (χ2v) is 4.72. The predicted molar refractivity (Wildman–Crippen MR) is 79.8 cm³/mol. The Kier molecular flexibility index (Phi) is 3.42. The molecule has 20 heavy (non-hydrogen) atoms. The number of para-hydroxylation sites is 1. The zero-order chi connectivity index (χ0) is 13.9. The Morgan fingerprint density at radius 2 is 1.85 bits per heavy atom. The van der Waals surface area contributed by atoms with Crippen molar-refractivity contribution in [2.24, 2.45) is 4.99 Å². The first-order valence-electron chi connectivity index (χ1n) is 6.80. The molecule has 0 N–H and O–H groups in total. The summed E-state index contributed by atoms with van der Waals surface area (Å²) in [6.45, 7) is 2.12. The Labute approximate surface area is 118 Å². The first-order chi connectivity index (χ1) is 9.81. The lowest BCUT2D eigenvalue weighted by molar-refractivity contribution is 0.184. The third-order valence-electron chi connectivity index (χ3n) is 3.47. The summed E-state index contributed by atoms with van der Waals surface area (Å²) in [5.74, 6) is 1.51. The van der Waals surface area contributed by atoms with Gasteiger partial charge in [-0.1, -0.05) is 25.1 Å². The maximum absolute atomic E-state index is 6.03. The van der Waals surface area contributed by atoms with Gasteiger partial charge in [-0.05, 0) is 36.8 Å². The minimum absolute atomic E-state index is 0.0702. The number of methoxy groups -OCH3 is 1. The van der Waals surface area contributed by atoms with E-state index in [1.165, 1.54) is 0 Å². The number of benzene rings is 2. The van der Waals surface area contributed by atoms with E-state index in [4.69, 9.17) is 9.47 Å². The van der Waals surface area contributed by atoms with Crippen molar-refractivity contribution < 1.29 is 9.47 Å². The fraction of sp³-hybridized carbons (Fsp3) is 0.235. The van der Waals surface area contributed by atoms with E-state index in [0.717, 1.165) is 29.0 Å². The predicted octanol–water partition coefficient (Wildman–Crippen LogP) is 4.25. The molecule has 0 aromatic heterocycles. The van der Waals surface area contributed by atoms with Crippen LogP contribution in [0.1, 0.15) is 30.6 Å². The van der Waals surface area contributed by atoms with Crippen LogP contribution in [0.25, 0.3) is 0 Å². The topological polar surface area (TPSA) is 30.8 Å². The van der Waals surface area contributed by atoms with Gasteiger partial charge in [0, 0.05) is 11.1 Å². The van der Waals surface area contributed by atoms with Gasteiger partial charge in [-0.3, -0.25) is 0 Å². The maximum Gasteiger partial charge on any atom is 0.221 e. The summed E-state index contributed by atoms with van der Waals surface area (Å²) in [6.07, 6.45) is 0.993. The van der Waals surface area contributed by atoms with Crippen LogP contribution in [0.15, 0.2) is 53.5 Å². The zero-order valence-corrected chi connectivity index (χ0v) is 11.7. The molecule has 0 radical (unpaired) electrons. The van der Waals surface area contributed by atoms with Crippen molar-refractivity contribution in [1.29, 1.82) is 0 Å². The molecule has 0 fully saturated rings. The average Bonchev–Trinajstić information content (AvgIpc) is 2.54. The summed E-state index contributed by atoms with van der Waals surface area (Å²) in [4.78, 5) is 4.62. The van der Waals surface area contributed by atoms with Crippen LogP contribution in [0.5, 0.6) is 5.75 Å². The summed E-state index contributed by atoms with van der Waals surface area (Å²) in [5, 5.41) is 0. The third-order valence-corrected chi connectivity index (χ3v) is 3.47. The number of ether oxygens (including phenoxy) is 2. The summed E-state index contributed by atoms with van der Waals surface area (Å²) in [5.41, 5.74) is 3.13. The van der Waals surface area contributed by atoms with E-state index in [-0.39, 0.29) is 6.10 Å². The molecule has 2 aromatic rings. The smallest absolute Gasteiger partial charge is 0.221 e. The van der Waals surface area contributed by atoms with Crippen LogP contribution in [-0.4, -0.2) is 13.0 Å². The number of nitrogens with zero attached hydrogens (tertiary/aromatic N) is 1. The Morgan fingerprint density at radius 3 is 2.55 bits per heavy atom. The molecule has 0 spiro atoms. The molecule has 1 atom stereocenters. The van der Waals surface area contributed by atoms with Crippen molar-refractivity contribution in [3.8, 4) is 5.75 Å². The largest absolute Gasteiger partial charge is 0.497 e. The standard InChI is InChI=1S/C17H17NO2/c1-3-16-14-6-4-5-7-15(14)18-17(20-16)12-8-10-13(19-2)11-9-12/h4-11,16H,3H2,1-2H3/t16-/m0/s1. The molecule has 2 aromatic carbocycles. The highest BCUT2D eigenvalue weighted by molar-refractivity contribution is 5.97. The molecule has 0 saturated heterocycles. The Bertz CT molecular complexity index is 632. The highest BCUT2D eigenvalue weighted by atomic mass is 16.5. The van der Waals surface area contributed by atoms with Crippen molar-refractivity contribution in [2.45, 2.75) is 19.4 Å². The highest BCUT2D eigenvalue weighted by Crippen LogP contribution is 2.35. The third kappa shape index (κ3) is 2.27. The summed E-state index contributed by atoms with van der Waals surface area (Å²) >= 11 is 0. The highest BCUT2D eigenvalue weighted by Gasteiger charge is 2.22. The van der Waals surface area contributed by atoms with E-state index >= 15 is 0 Å². The molecule has 3 heteroatoms. The van der Waals surface area contributed by atoms with E-state index in [2.05, 4.69) is 18.0 Å². The van der Waals surface area contributed by atoms with Crippen LogP contribution in [0.3, 0.4) is 0 Å². The molecule has 0 bridgehead atoms. The van der Waals surface area contributed by atoms with E-state index in [0.29, 0.717) is 5.90 Å². The molecule has 3 rings (SSSR count). The fourth-order valence-corrected chi connectivity index (χ4v) is 2.37. The minimum Gasteiger partial charge on any atom is -0.497 e. The molecule has 0 unspecified atom stereocenters. The van der Waals surface area contributed by atoms with Gasteiger partial charge in [-0.15, -0.1) is 0 Å². The summed E-state index contributed by atoms with van der Waals surface area (Å²) in [7, 11) is 1.66. The van der Waals surface area contributed by atoms with Crippen LogP contribution in [0, 0.1) is 0 Å². The van der Waals surface area contributed by atoms with Crippen LogP contribution in [0.2, 0.25) is 0 Å². The second-order valence-electron chi connectivity index (χ2n) is 4.72. The molecule has 1 aliphatic heterocycles. The number of hydrogen-bond donors (Lipinski definition) is 0. The molecule has 102 valence electrons. The van der Waals surface area contributed by atoms with E-state index in [1.54, 1.807) is 7.11 Å². The summed E-state index contributed by atoms with van der Waals surface area (Å²) in [6, 6.07) is 15.9. The van der Waals surface area contributed by atoms with Gasteiger partial charge in [-0.25, -0.2) is 4.99 Å². The normalized spacial score (nSPS) is 16.9. The van der Waals surface area contributed by atoms with Gasteiger partial charge in [0.05, 0.1) is 12.8 Å². The van der Waals surface area contributed by atoms with Crippen LogP contribution in [0.4, 0.5) is 5.69 Å². The van der Waals surface area contributed by atoms with Gasteiger partial charge in [0.25, 0.3) is 0 Å². The Morgan fingerprint density at radius 1 is 1.10 bits per heavy atom. The van der Waals surface area contributed by atoms with E-state index < -0.39 is 0 Å². The second kappa shape index (κ2) is 5.37. The lowest BCUT2D eigenvalue weighted by Gasteiger charge is -2.25. The van der Waals surface area contributed by atoms with Crippen molar-refractivity contribution >= 4 is 11.6 Å². The van der Waals surface area contributed by atoms with Gasteiger partial charge in [0.2, 0.25) is 5.90 Å². The van der Waals surface area contributed by atoms with Crippen molar-refractivity contribution in [3.63, 3.8) is 0 Å². The van der Waals surface area contributed by atoms with Gasteiger partial charge in [-0.2, -0.15) is 0 Å². The quantitative estimate of drug-likeness (QED) is 0.832. The molecule has 0 saturated carbocycles. The first-order valence-corrected chi connectivity index (χ1v) is 6.80. The average molecular weight is 267 g/mol. The van der Waals surface area contributed by atoms with Crippen LogP contribution in [-0.2, 0) is 4.74 Å². The monoisotopic (exact) mass is 267 g/mol. The van der Waals surface area contributed by atoms with Gasteiger partial charge < -0.3 is 9.47 Å². The molecule has 0 amide bonds. The zero-order valence-electron chi connectivity index (χ0n) is 11.7. The number of hydrogen-bond acceptors (Lipinski definition) is 3. The number of fused-ring (bicyclic) bond motifs is 1. The van der Waals surface area contributed by atoms with Gasteiger partial charge >= 0.3 is 0 Å². The van der Waals surface area contributed by atoms with Crippen LogP contribution >= 0.6 is 0 Å². The first kappa shape index (κ1) is 12.7. The van der Waals surface area contributed by atoms with Crippen LogP contribution < -0.4 is 4.74 Å². The molecular weight excluding hydrogens is 250 g/mol. The fourth-order valence-electron chi connectivity index (χ4n) is 2.37. The summed E-state index contributed by atoms with van der Waals surface area (Å²) < 4.78 is 11.2. The minimum atomic E-state index is 0.0702. The Hall–Kier alpha value is -2.29. The number of rotatable bonds is 3. The molecule has 0 aliphatic carbocycles. The van der Waals surface area contributed by atoms with Gasteiger partial charge in [0.15, 0.2) is 0 Å². The SMILES string of the molecule is CC[C@@H]1OC(c2ccc(OC)cc2)=Nc2ccccc21. The van der Waals surface area contributed by atoms with Gasteiger partial charge in [0.1, 0.15) is 11.9 Å². The molecule has 1 heterocycles. The number of aliphatic imine (C=N–C) groups is 1. The van der Waals surface area contributed by atoms with Crippen molar-refractivity contribution in [2.75, 3.05) is 7.11 Å². The van der Waals surface area contributed by atoms with Crippen molar-refractivity contribution in [3.05, 3.63) is 59.7 Å². The lowest BCUT2D eigenvalue weighted by Crippen LogP contribution is -2.16. The lowest BCUT2D eigenvalue weighted by atomic mass is 10.0. The Balaban J connectivity index is 2.00. The van der Waals surface area contributed by atoms with Crippen molar-refractivity contribution in [1.82, 2.24) is 0 Å². The van der Waals surface area contributed by atoms with E-state index in [9.17, 15) is 0 Å². The molecular formula is C17H17NO2. The maximum atomic E-state index is 6.03. The van der Waals surface area contributed by atoms with E-state index in [1.807, 2.05) is 42.5 Å². The molecule has 1 aliphatic rings. The molecule has 3 nitrogen and oxygen atoms in total.